The lowest BCUT2D eigenvalue weighted by Gasteiger charge is -2.04. The number of carbonyl (C=O) groups excluding carboxylic acids is 1. The van der Waals surface area contributed by atoms with Gasteiger partial charge in [0, 0.05) is 24.5 Å². The number of hydrogen-bond donors (Lipinski definition) is 1. The van der Waals surface area contributed by atoms with Gasteiger partial charge < -0.3 is 5.73 Å². The van der Waals surface area contributed by atoms with Crippen molar-refractivity contribution in [3.8, 4) is 0 Å². The Bertz CT molecular complexity index is 497. The van der Waals surface area contributed by atoms with Crippen LogP contribution in [-0.4, -0.2) is 15.9 Å². The fourth-order valence-electron chi connectivity index (χ4n) is 1.48. The van der Waals surface area contributed by atoms with Crippen LogP contribution in [0.1, 0.15) is 21.7 Å². The summed E-state index contributed by atoms with van der Waals surface area (Å²) in [5.74, 6) is -0.459. The van der Waals surface area contributed by atoms with Gasteiger partial charge in [0.05, 0.1) is 11.3 Å². The Morgan fingerprint density at radius 3 is 2.62 bits per heavy atom. The van der Waals surface area contributed by atoms with Crippen molar-refractivity contribution in [2.45, 2.75) is 6.42 Å². The average Bonchev–Trinajstić information content (AvgIpc) is 2.31. The Hall–Kier alpha value is -2.23. The maximum absolute atomic E-state index is 11.2. The number of amides is 1. The summed E-state index contributed by atoms with van der Waals surface area (Å²) in [5.41, 5.74) is 7.25. The van der Waals surface area contributed by atoms with E-state index >= 15 is 0 Å². The summed E-state index contributed by atoms with van der Waals surface area (Å²) in [6.45, 7) is 0. The first-order valence-electron chi connectivity index (χ1n) is 4.91. The summed E-state index contributed by atoms with van der Waals surface area (Å²) in [6.07, 6.45) is 3.87. The van der Waals surface area contributed by atoms with Gasteiger partial charge in [0.1, 0.15) is 0 Å². The van der Waals surface area contributed by atoms with Crippen LogP contribution in [0.2, 0.25) is 0 Å². The first-order valence-corrected chi connectivity index (χ1v) is 4.91. The molecule has 4 nitrogen and oxygen atoms in total. The summed E-state index contributed by atoms with van der Waals surface area (Å²) >= 11 is 0. The van der Waals surface area contributed by atoms with Crippen molar-refractivity contribution in [1.29, 1.82) is 0 Å². The predicted molar refractivity (Wildman–Crippen MR) is 59.8 cm³/mol. The molecule has 2 aromatic heterocycles. The number of pyridine rings is 2. The van der Waals surface area contributed by atoms with E-state index in [2.05, 4.69) is 9.97 Å². The van der Waals surface area contributed by atoms with Crippen LogP contribution in [0.5, 0.6) is 0 Å². The van der Waals surface area contributed by atoms with Crippen molar-refractivity contribution in [3.63, 3.8) is 0 Å². The summed E-state index contributed by atoms with van der Waals surface area (Å²) in [7, 11) is 0. The number of rotatable bonds is 3. The molecule has 2 rings (SSSR count). The second kappa shape index (κ2) is 4.53. The highest BCUT2D eigenvalue weighted by molar-refractivity contribution is 5.93. The number of nitrogens with zero attached hydrogens (tertiary/aromatic N) is 2. The smallest absolute Gasteiger partial charge is 0.250 e. The molecule has 0 radical (unpaired) electrons. The molecule has 2 aromatic rings. The first-order chi connectivity index (χ1) is 7.77. The molecule has 0 bridgehead atoms. The molecule has 0 saturated carbocycles. The molecule has 0 aliphatic heterocycles. The molecule has 0 saturated heterocycles. The molecule has 1 amide bonds. The second-order valence-corrected chi connectivity index (χ2v) is 3.36. The molecular weight excluding hydrogens is 202 g/mol. The van der Waals surface area contributed by atoms with Gasteiger partial charge in [-0.2, -0.15) is 0 Å². The Labute approximate surface area is 93.2 Å². The lowest BCUT2D eigenvalue weighted by molar-refractivity contribution is 0.0999. The van der Waals surface area contributed by atoms with Crippen molar-refractivity contribution >= 4 is 5.91 Å². The zero-order valence-corrected chi connectivity index (χ0v) is 8.63. The number of hydrogen-bond acceptors (Lipinski definition) is 3. The fourth-order valence-corrected chi connectivity index (χ4v) is 1.48. The van der Waals surface area contributed by atoms with E-state index in [0.29, 0.717) is 17.7 Å². The molecule has 80 valence electrons. The van der Waals surface area contributed by atoms with Crippen molar-refractivity contribution < 1.29 is 4.79 Å². The average molecular weight is 213 g/mol. The molecule has 16 heavy (non-hydrogen) atoms. The van der Waals surface area contributed by atoms with Gasteiger partial charge in [-0.1, -0.05) is 6.07 Å². The highest BCUT2D eigenvalue weighted by Gasteiger charge is 2.09. The summed E-state index contributed by atoms with van der Waals surface area (Å²) in [5, 5.41) is 0. The third kappa shape index (κ3) is 2.23. The van der Waals surface area contributed by atoms with Gasteiger partial charge in [-0.05, 0) is 24.3 Å². The highest BCUT2D eigenvalue weighted by Crippen LogP contribution is 2.09. The van der Waals surface area contributed by atoms with Crippen molar-refractivity contribution in [1.82, 2.24) is 9.97 Å². The van der Waals surface area contributed by atoms with Gasteiger partial charge in [-0.15, -0.1) is 0 Å². The SMILES string of the molecule is NC(=O)c1cccnc1Cc1ccccn1. The molecule has 0 fully saturated rings. The summed E-state index contributed by atoms with van der Waals surface area (Å²) in [6, 6.07) is 9.00. The standard InChI is InChI=1S/C12H11N3O/c13-12(16)10-5-3-7-15-11(10)8-9-4-1-2-6-14-9/h1-7H,8H2,(H2,13,16). The maximum atomic E-state index is 11.2. The quantitative estimate of drug-likeness (QED) is 0.832. The lowest BCUT2D eigenvalue weighted by atomic mass is 10.1. The van der Waals surface area contributed by atoms with E-state index in [9.17, 15) is 4.79 Å². The zero-order valence-electron chi connectivity index (χ0n) is 8.63. The lowest BCUT2D eigenvalue weighted by Crippen LogP contribution is -2.15. The highest BCUT2D eigenvalue weighted by atomic mass is 16.1. The van der Waals surface area contributed by atoms with Crippen LogP contribution in [0.25, 0.3) is 0 Å². The normalized spacial score (nSPS) is 10.0. The van der Waals surface area contributed by atoms with Crippen LogP contribution in [0.3, 0.4) is 0 Å². The minimum absolute atomic E-state index is 0.452. The van der Waals surface area contributed by atoms with Gasteiger partial charge in [-0.25, -0.2) is 0 Å². The number of carbonyl (C=O) groups is 1. The van der Waals surface area contributed by atoms with Crippen LogP contribution in [-0.2, 0) is 6.42 Å². The second-order valence-electron chi connectivity index (χ2n) is 3.36. The fraction of sp³-hybridized carbons (Fsp3) is 0.0833. The number of nitrogens with two attached hydrogens (primary N) is 1. The van der Waals surface area contributed by atoms with Crippen molar-refractivity contribution in [3.05, 3.63) is 59.7 Å². The minimum atomic E-state index is -0.459. The molecule has 2 N–H and O–H groups in total. The summed E-state index contributed by atoms with van der Waals surface area (Å²) in [4.78, 5) is 19.5. The monoisotopic (exact) mass is 213 g/mol. The van der Waals surface area contributed by atoms with Crippen LogP contribution in [0, 0.1) is 0 Å². The molecule has 0 spiro atoms. The summed E-state index contributed by atoms with van der Waals surface area (Å²) < 4.78 is 0. The van der Waals surface area contributed by atoms with Crippen LogP contribution in [0.4, 0.5) is 0 Å². The van der Waals surface area contributed by atoms with Crippen molar-refractivity contribution in [2.75, 3.05) is 0 Å². The van der Waals surface area contributed by atoms with Crippen LogP contribution in [0.15, 0.2) is 42.7 Å². The zero-order chi connectivity index (χ0) is 11.4. The van der Waals surface area contributed by atoms with Gasteiger partial charge in [-0.3, -0.25) is 14.8 Å². The molecule has 0 unspecified atom stereocenters. The topological polar surface area (TPSA) is 68.9 Å². The van der Waals surface area contributed by atoms with E-state index in [4.69, 9.17) is 5.73 Å². The maximum Gasteiger partial charge on any atom is 0.250 e. The van der Waals surface area contributed by atoms with E-state index in [0.717, 1.165) is 5.69 Å². The van der Waals surface area contributed by atoms with Crippen LogP contribution < -0.4 is 5.73 Å². The Morgan fingerprint density at radius 2 is 1.94 bits per heavy atom. The van der Waals surface area contributed by atoms with E-state index in [1.54, 1.807) is 24.5 Å². The molecule has 2 heterocycles. The van der Waals surface area contributed by atoms with E-state index < -0.39 is 5.91 Å². The van der Waals surface area contributed by atoms with E-state index in [1.807, 2.05) is 18.2 Å². The number of primary amides is 1. The third-order valence-corrected chi connectivity index (χ3v) is 2.23. The molecule has 0 atom stereocenters. The molecule has 0 aliphatic carbocycles. The molecular formula is C12H11N3O. The Morgan fingerprint density at radius 1 is 1.12 bits per heavy atom. The van der Waals surface area contributed by atoms with Crippen LogP contribution >= 0.6 is 0 Å². The van der Waals surface area contributed by atoms with Gasteiger partial charge in [0.15, 0.2) is 0 Å². The Balaban J connectivity index is 2.31. The van der Waals surface area contributed by atoms with E-state index in [-0.39, 0.29) is 0 Å². The predicted octanol–water partition coefficient (Wildman–Crippen LogP) is 1.17. The van der Waals surface area contributed by atoms with Gasteiger partial charge in [0.2, 0.25) is 0 Å². The number of aromatic nitrogens is 2. The third-order valence-electron chi connectivity index (χ3n) is 2.23. The minimum Gasteiger partial charge on any atom is -0.366 e. The molecule has 0 aliphatic rings. The molecule has 4 heteroatoms. The first kappa shape index (κ1) is 10.3. The largest absolute Gasteiger partial charge is 0.366 e. The Kier molecular flexibility index (Phi) is 2.91. The van der Waals surface area contributed by atoms with E-state index in [1.165, 1.54) is 0 Å². The molecule has 0 aromatic carbocycles. The van der Waals surface area contributed by atoms with Gasteiger partial charge in [0.25, 0.3) is 5.91 Å². The van der Waals surface area contributed by atoms with Crippen molar-refractivity contribution in [2.24, 2.45) is 5.73 Å². The van der Waals surface area contributed by atoms with Gasteiger partial charge >= 0.3 is 0 Å².